The number of piperidine rings is 1. The van der Waals surface area contributed by atoms with Crippen LogP contribution in [0.1, 0.15) is 39.3 Å². The Bertz CT molecular complexity index is 801. The Kier molecular flexibility index (Phi) is 5.28. The minimum absolute atomic E-state index is 0.00787. The largest absolute Gasteiger partial charge is 0.478 e. The lowest BCUT2D eigenvalue weighted by molar-refractivity contribution is 0.0693. The third kappa shape index (κ3) is 3.96. The van der Waals surface area contributed by atoms with Gasteiger partial charge < -0.3 is 14.4 Å². The van der Waals surface area contributed by atoms with E-state index in [1.807, 2.05) is 29.2 Å². The Morgan fingerprint density at radius 3 is 2.60 bits per heavy atom. The Balaban J connectivity index is 1.74. The van der Waals surface area contributed by atoms with Gasteiger partial charge in [-0.15, -0.1) is 11.8 Å². The Hall–Kier alpha value is -2.47. The van der Waals surface area contributed by atoms with E-state index in [0.717, 1.165) is 17.7 Å². The Labute approximate surface area is 150 Å². The van der Waals surface area contributed by atoms with Gasteiger partial charge in [-0.25, -0.2) is 4.79 Å². The highest BCUT2D eigenvalue weighted by molar-refractivity contribution is 7.98. The van der Waals surface area contributed by atoms with Crippen LogP contribution < -0.4 is 0 Å². The van der Waals surface area contributed by atoms with Crippen molar-refractivity contribution in [3.8, 4) is 0 Å². The molecule has 0 aliphatic carbocycles. The van der Waals surface area contributed by atoms with Gasteiger partial charge in [0.25, 0.3) is 5.91 Å². The minimum Gasteiger partial charge on any atom is -0.478 e. The van der Waals surface area contributed by atoms with Crippen LogP contribution >= 0.6 is 11.8 Å². The molecule has 0 radical (unpaired) electrons. The fourth-order valence-electron chi connectivity index (χ4n) is 2.75. The molecule has 0 bridgehead atoms. The van der Waals surface area contributed by atoms with Gasteiger partial charge in [0.1, 0.15) is 11.3 Å². The quantitative estimate of drug-likeness (QED) is 0.645. The third-order valence-corrected chi connectivity index (χ3v) is 5.28. The molecule has 0 atom stereocenters. The van der Waals surface area contributed by atoms with E-state index in [0.29, 0.717) is 30.2 Å². The highest BCUT2D eigenvalue weighted by Gasteiger charge is 2.22. The van der Waals surface area contributed by atoms with Crippen molar-refractivity contribution in [2.45, 2.75) is 23.5 Å². The molecular weight excluding hydrogens is 338 g/mol. The number of hydrogen-bond acceptors (Lipinski definition) is 4. The first-order valence-corrected chi connectivity index (χ1v) is 9.02. The molecule has 2 heterocycles. The number of amides is 1. The van der Waals surface area contributed by atoms with E-state index in [9.17, 15) is 9.59 Å². The summed E-state index contributed by atoms with van der Waals surface area (Å²) in [6, 6.07) is 8.85. The second-order valence-electron chi connectivity index (χ2n) is 5.89. The number of rotatable bonds is 5. The molecule has 1 aliphatic heterocycles. The molecule has 0 spiro atoms. The van der Waals surface area contributed by atoms with Gasteiger partial charge in [0, 0.05) is 18.0 Å². The highest BCUT2D eigenvalue weighted by Crippen LogP contribution is 2.29. The predicted molar refractivity (Wildman–Crippen MR) is 95.9 cm³/mol. The second kappa shape index (κ2) is 7.61. The van der Waals surface area contributed by atoms with E-state index in [1.165, 1.54) is 29.7 Å². The Morgan fingerprint density at radius 1 is 1.16 bits per heavy atom. The second-order valence-corrected chi connectivity index (χ2v) is 6.91. The van der Waals surface area contributed by atoms with Crippen LogP contribution in [0.3, 0.4) is 0 Å². The first-order chi connectivity index (χ1) is 12.1. The smallest absolute Gasteiger partial charge is 0.339 e. The van der Waals surface area contributed by atoms with Crippen LogP contribution in [0, 0.1) is 0 Å². The molecule has 6 heteroatoms. The van der Waals surface area contributed by atoms with Crippen molar-refractivity contribution in [2.24, 2.45) is 0 Å². The zero-order valence-corrected chi connectivity index (χ0v) is 14.6. The molecule has 130 valence electrons. The lowest BCUT2D eigenvalue weighted by atomic mass is 10.0. The number of likely N-dealkylation sites (tertiary alicyclic amines) is 1. The molecule has 5 nitrogen and oxygen atoms in total. The zero-order chi connectivity index (χ0) is 17.8. The third-order valence-electron chi connectivity index (χ3n) is 4.21. The van der Waals surface area contributed by atoms with E-state index >= 15 is 0 Å². The van der Waals surface area contributed by atoms with Crippen LogP contribution in [0.15, 0.2) is 58.1 Å². The summed E-state index contributed by atoms with van der Waals surface area (Å²) in [5.74, 6) is -0.250. The number of carboxylic acids is 1. The lowest BCUT2D eigenvalue weighted by Gasteiger charge is -2.28. The number of carbonyl (C=O) groups excluding carboxylic acids is 1. The number of aromatic carboxylic acids is 1. The van der Waals surface area contributed by atoms with Crippen LogP contribution in [-0.4, -0.2) is 35.0 Å². The van der Waals surface area contributed by atoms with Gasteiger partial charge >= 0.3 is 5.97 Å². The number of carboxylic acid groups (broad SMARTS) is 1. The fourth-order valence-corrected chi connectivity index (χ4v) is 3.75. The molecule has 0 saturated carbocycles. The molecule has 1 aromatic carbocycles. The van der Waals surface area contributed by atoms with Gasteiger partial charge in [-0.1, -0.05) is 24.3 Å². The summed E-state index contributed by atoms with van der Waals surface area (Å²) >= 11 is 1.41. The van der Waals surface area contributed by atoms with E-state index < -0.39 is 5.97 Å². The van der Waals surface area contributed by atoms with E-state index in [4.69, 9.17) is 9.52 Å². The normalized spacial score (nSPS) is 14.6. The van der Waals surface area contributed by atoms with Crippen LogP contribution in [-0.2, 0) is 5.75 Å². The maximum absolute atomic E-state index is 12.8. The standard InChI is InChI=1S/C19H19NO4S/c1-13-6-9-20(10-7-13)18(21)15-4-2-3-5-17(15)25-12-16-14(19(22)23)8-11-24-16/h2-5,8,11H,1,6-7,9-10,12H2,(H,22,23). The van der Waals surface area contributed by atoms with Gasteiger partial charge in [0.2, 0.25) is 0 Å². The van der Waals surface area contributed by atoms with Crippen molar-refractivity contribution in [3.05, 3.63) is 65.6 Å². The van der Waals surface area contributed by atoms with Crippen molar-refractivity contribution in [2.75, 3.05) is 13.1 Å². The SMILES string of the molecule is C=C1CCN(C(=O)c2ccccc2SCc2occc2C(=O)O)CC1. The summed E-state index contributed by atoms with van der Waals surface area (Å²) in [5, 5.41) is 9.15. The first-order valence-electron chi connectivity index (χ1n) is 8.03. The molecule has 1 N–H and O–H groups in total. The van der Waals surface area contributed by atoms with Crippen LogP contribution in [0.5, 0.6) is 0 Å². The average Bonchev–Trinajstić information content (AvgIpc) is 3.09. The molecule has 1 amide bonds. The van der Waals surface area contributed by atoms with Crippen LogP contribution in [0.4, 0.5) is 0 Å². The molecular formula is C19H19NO4S. The first kappa shape index (κ1) is 17.4. The van der Waals surface area contributed by atoms with Gasteiger partial charge in [-0.3, -0.25) is 4.79 Å². The van der Waals surface area contributed by atoms with Crippen LogP contribution in [0.2, 0.25) is 0 Å². The number of hydrogen-bond donors (Lipinski definition) is 1. The van der Waals surface area contributed by atoms with Crippen molar-refractivity contribution in [1.82, 2.24) is 4.90 Å². The number of nitrogens with zero attached hydrogens (tertiary/aromatic N) is 1. The molecule has 25 heavy (non-hydrogen) atoms. The molecule has 2 aromatic rings. The van der Waals surface area contributed by atoms with Crippen LogP contribution in [0.25, 0.3) is 0 Å². The summed E-state index contributed by atoms with van der Waals surface area (Å²) in [6.45, 7) is 5.36. The number of carbonyl (C=O) groups is 2. The van der Waals surface area contributed by atoms with Gasteiger partial charge in [-0.05, 0) is 31.0 Å². The average molecular weight is 357 g/mol. The number of benzene rings is 1. The molecule has 1 aliphatic rings. The summed E-state index contributed by atoms with van der Waals surface area (Å²) in [5.41, 5.74) is 1.99. The Morgan fingerprint density at radius 2 is 1.88 bits per heavy atom. The maximum Gasteiger partial charge on any atom is 0.339 e. The van der Waals surface area contributed by atoms with Gasteiger partial charge in [0.15, 0.2) is 0 Å². The fraction of sp³-hybridized carbons (Fsp3) is 0.263. The minimum atomic E-state index is -1.01. The van der Waals surface area contributed by atoms with Crippen molar-refractivity contribution < 1.29 is 19.1 Å². The summed E-state index contributed by atoms with van der Waals surface area (Å²) in [6.07, 6.45) is 3.06. The summed E-state index contributed by atoms with van der Waals surface area (Å²) in [4.78, 5) is 26.7. The number of thioether (sulfide) groups is 1. The van der Waals surface area contributed by atoms with E-state index in [1.54, 1.807) is 0 Å². The lowest BCUT2D eigenvalue weighted by Crippen LogP contribution is -2.36. The van der Waals surface area contributed by atoms with Gasteiger partial charge in [-0.2, -0.15) is 0 Å². The molecule has 1 aromatic heterocycles. The molecule has 1 fully saturated rings. The van der Waals surface area contributed by atoms with E-state index in [-0.39, 0.29) is 11.5 Å². The van der Waals surface area contributed by atoms with Crippen molar-refractivity contribution in [1.29, 1.82) is 0 Å². The van der Waals surface area contributed by atoms with E-state index in [2.05, 4.69) is 6.58 Å². The zero-order valence-electron chi connectivity index (χ0n) is 13.7. The van der Waals surface area contributed by atoms with Crippen molar-refractivity contribution in [3.63, 3.8) is 0 Å². The summed E-state index contributed by atoms with van der Waals surface area (Å²) < 4.78 is 5.27. The molecule has 3 rings (SSSR count). The predicted octanol–water partition coefficient (Wildman–Crippen LogP) is 4.06. The maximum atomic E-state index is 12.8. The topological polar surface area (TPSA) is 70.8 Å². The molecule has 0 unspecified atom stereocenters. The molecule has 1 saturated heterocycles. The summed E-state index contributed by atoms with van der Waals surface area (Å²) in [7, 11) is 0. The van der Waals surface area contributed by atoms with Crippen molar-refractivity contribution >= 4 is 23.6 Å². The van der Waals surface area contributed by atoms with Gasteiger partial charge in [0.05, 0.1) is 17.6 Å². The number of furan rings is 1. The highest BCUT2D eigenvalue weighted by atomic mass is 32.2. The monoisotopic (exact) mass is 357 g/mol.